The monoisotopic (exact) mass is 378 g/mol. The van der Waals surface area contributed by atoms with E-state index in [0.29, 0.717) is 17.6 Å². The Balaban J connectivity index is 1.96. The minimum absolute atomic E-state index is 0.0107. The average molecular weight is 379 g/mol. The molecular weight excluding hydrogens is 352 g/mol. The molecule has 0 saturated heterocycles. The van der Waals surface area contributed by atoms with Crippen LogP contribution in [-0.2, 0) is 4.79 Å². The predicted octanol–water partition coefficient (Wildman–Crippen LogP) is 4.31. The van der Waals surface area contributed by atoms with E-state index in [-0.39, 0.29) is 11.9 Å². The largest absolute Gasteiger partial charge is 0.363 e. The maximum absolute atomic E-state index is 12.4. The summed E-state index contributed by atoms with van der Waals surface area (Å²) in [6, 6.07) is 8.55. The zero-order valence-corrected chi connectivity index (χ0v) is 17.0. The SMILES string of the molecule is CNc1nnc(SCC(=O)N[C@@H](c2ccc(C(C)C)cc2)C(C)C)s1. The second-order valence-electron chi connectivity index (χ2n) is 6.52. The molecule has 0 bridgehead atoms. The fourth-order valence-corrected chi connectivity index (χ4v) is 3.95. The van der Waals surface area contributed by atoms with Gasteiger partial charge in [0.1, 0.15) is 0 Å². The summed E-state index contributed by atoms with van der Waals surface area (Å²) in [5.41, 5.74) is 2.45. The number of carbonyl (C=O) groups is 1. The molecule has 1 atom stereocenters. The lowest BCUT2D eigenvalue weighted by Crippen LogP contribution is -2.33. The molecule has 0 fully saturated rings. The summed E-state index contributed by atoms with van der Waals surface area (Å²) in [6.45, 7) is 8.61. The first-order valence-corrected chi connectivity index (χ1v) is 10.2. The van der Waals surface area contributed by atoms with Crippen LogP contribution in [0.25, 0.3) is 0 Å². The Labute approximate surface area is 158 Å². The quantitative estimate of drug-likeness (QED) is 0.670. The maximum atomic E-state index is 12.4. The molecule has 136 valence electrons. The highest BCUT2D eigenvalue weighted by Crippen LogP contribution is 2.27. The summed E-state index contributed by atoms with van der Waals surface area (Å²) in [7, 11) is 1.81. The maximum Gasteiger partial charge on any atom is 0.230 e. The van der Waals surface area contributed by atoms with Gasteiger partial charge in [-0.3, -0.25) is 4.79 Å². The highest BCUT2D eigenvalue weighted by Gasteiger charge is 2.19. The molecule has 1 aromatic heterocycles. The Morgan fingerprint density at radius 1 is 1.12 bits per heavy atom. The van der Waals surface area contributed by atoms with E-state index in [1.54, 1.807) is 7.05 Å². The van der Waals surface area contributed by atoms with Crippen molar-refractivity contribution in [2.24, 2.45) is 5.92 Å². The molecule has 25 heavy (non-hydrogen) atoms. The van der Waals surface area contributed by atoms with E-state index in [0.717, 1.165) is 15.0 Å². The second kappa shape index (κ2) is 9.20. The first-order chi connectivity index (χ1) is 11.9. The van der Waals surface area contributed by atoms with Crippen molar-refractivity contribution in [2.75, 3.05) is 18.1 Å². The third-order valence-corrected chi connectivity index (χ3v) is 5.97. The van der Waals surface area contributed by atoms with E-state index in [9.17, 15) is 4.79 Å². The Bertz CT molecular complexity index is 683. The average Bonchev–Trinajstić information content (AvgIpc) is 3.06. The number of thioether (sulfide) groups is 1. The molecule has 0 aliphatic heterocycles. The summed E-state index contributed by atoms with van der Waals surface area (Å²) in [6.07, 6.45) is 0. The number of nitrogens with zero attached hydrogens (tertiary/aromatic N) is 2. The molecule has 0 aliphatic carbocycles. The topological polar surface area (TPSA) is 66.9 Å². The normalized spacial score (nSPS) is 12.4. The molecule has 1 aromatic carbocycles. The number of anilines is 1. The second-order valence-corrected chi connectivity index (χ2v) is 8.72. The van der Waals surface area contributed by atoms with Crippen molar-refractivity contribution < 1.29 is 4.79 Å². The number of hydrogen-bond donors (Lipinski definition) is 2. The van der Waals surface area contributed by atoms with Crippen LogP contribution in [0.15, 0.2) is 28.6 Å². The molecule has 0 radical (unpaired) electrons. The van der Waals surface area contributed by atoms with Crippen molar-refractivity contribution in [1.82, 2.24) is 15.5 Å². The summed E-state index contributed by atoms with van der Waals surface area (Å²) in [5.74, 6) is 1.17. The number of benzene rings is 1. The summed E-state index contributed by atoms with van der Waals surface area (Å²) in [5, 5.41) is 14.9. The Morgan fingerprint density at radius 3 is 2.28 bits per heavy atom. The minimum Gasteiger partial charge on any atom is -0.363 e. The van der Waals surface area contributed by atoms with Gasteiger partial charge in [0.2, 0.25) is 11.0 Å². The van der Waals surface area contributed by atoms with Crippen LogP contribution in [-0.4, -0.2) is 28.9 Å². The molecule has 0 saturated carbocycles. The van der Waals surface area contributed by atoms with Crippen molar-refractivity contribution >= 4 is 34.1 Å². The zero-order valence-electron chi connectivity index (χ0n) is 15.4. The zero-order chi connectivity index (χ0) is 18.4. The molecule has 1 amide bonds. The Morgan fingerprint density at radius 2 is 1.76 bits per heavy atom. The summed E-state index contributed by atoms with van der Waals surface area (Å²) in [4.78, 5) is 12.4. The third kappa shape index (κ3) is 5.71. The minimum atomic E-state index is 0.0107. The molecule has 7 heteroatoms. The lowest BCUT2D eigenvalue weighted by Gasteiger charge is -2.23. The number of carbonyl (C=O) groups excluding carboxylic acids is 1. The molecule has 2 rings (SSSR count). The Hall–Kier alpha value is -1.60. The van der Waals surface area contributed by atoms with Gasteiger partial charge >= 0.3 is 0 Å². The van der Waals surface area contributed by atoms with Crippen molar-refractivity contribution in [1.29, 1.82) is 0 Å². The lowest BCUT2D eigenvalue weighted by atomic mass is 9.93. The molecule has 2 N–H and O–H groups in total. The van der Waals surface area contributed by atoms with E-state index in [4.69, 9.17) is 0 Å². The van der Waals surface area contributed by atoms with Gasteiger partial charge in [0.15, 0.2) is 4.34 Å². The van der Waals surface area contributed by atoms with Gasteiger partial charge in [-0.15, -0.1) is 10.2 Å². The number of amides is 1. The van der Waals surface area contributed by atoms with Crippen molar-refractivity contribution in [3.63, 3.8) is 0 Å². The van der Waals surface area contributed by atoms with Gasteiger partial charge in [-0.25, -0.2) is 0 Å². The van der Waals surface area contributed by atoms with Gasteiger partial charge in [-0.1, -0.05) is 75.1 Å². The van der Waals surface area contributed by atoms with E-state index in [1.165, 1.54) is 28.7 Å². The number of hydrogen-bond acceptors (Lipinski definition) is 6. The molecule has 2 aromatic rings. The van der Waals surface area contributed by atoms with Crippen LogP contribution in [0.3, 0.4) is 0 Å². The number of aromatic nitrogens is 2. The van der Waals surface area contributed by atoms with Crippen LogP contribution in [0.1, 0.15) is 50.8 Å². The first-order valence-electron chi connectivity index (χ1n) is 8.44. The fourth-order valence-electron chi connectivity index (χ4n) is 2.43. The standard InChI is InChI=1S/C18H26N4OS2/c1-11(2)13-6-8-14(9-7-13)16(12(3)4)20-15(23)10-24-18-22-21-17(19-5)25-18/h6-9,11-12,16H,10H2,1-5H3,(H,19,21)(H,20,23)/t16-/m1/s1. The molecule has 5 nitrogen and oxygen atoms in total. The predicted molar refractivity (Wildman–Crippen MR) is 106 cm³/mol. The highest BCUT2D eigenvalue weighted by molar-refractivity contribution is 8.01. The fraction of sp³-hybridized carbons (Fsp3) is 0.500. The van der Waals surface area contributed by atoms with Crippen molar-refractivity contribution in [3.05, 3.63) is 35.4 Å². The van der Waals surface area contributed by atoms with Crippen LogP contribution in [0, 0.1) is 5.92 Å². The van der Waals surface area contributed by atoms with Crippen molar-refractivity contribution in [3.8, 4) is 0 Å². The Kier molecular flexibility index (Phi) is 7.25. The molecule has 0 spiro atoms. The third-order valence-electron chi connectivity index (χ3n) is 3.89. The molecule has 0 aliphatic rings. The van der Waals surface area contributed by atoms with E-state index in [2.05, 4.69) is 72.8 Å². The number of rotatable bonds is 8. The molecular formula is C18H26N4OS2. The van der Waals surface area contributed by atoms with Gasteiger partial charge in [-0.2, -0.15) is 0 Å². The molecule has 0 unspecified atom stereocenters. The lowest BCUT2D eigenvalue weighted by molar-refractivity contribution is -0.119. The van der Waals surface area contributed by atoms with E-state index >= 15 is 0 Å². The van der Waals surface area contributed by atoms with E-state index < -0.39 is 0 Å². The van der Waals surface area contributed by atoms with Gasteiger partial charge < -0.3 is 10.6 Å². The molecule has 1 heterocycles. The van der Waals surface area contributed by atoms with E-state index in [1.807, 2.05) is 0 Å². The van der Waals surface area contributed by atoms with Crippen molar-refractivity contribution in [2.45, 2.75) is 44.0 Å². The van der Waals surface area contributed by atoms with Gasteiger partial charge in [0, 0.05) is 7.05 Å². The van der Waals surface area contributed by atoms with Crippen LogP contribution in [0.4, 0.5) is 5.13 Å². The van der Waals surface area contributed by atoms with Crippen LogP contribution in [0.5, 0.6) is 0 Å². The number of nitrogens with one attached hydrogen (secondary N) is 2. The summed E-state index contributed by atoms with van der Waals surface area (Å²) >= 11 is 2.86. The van der Waals surface area contributed by atoms with Gasteiger partial charge in [0.05, 0.1) is 11.8 Å². The highest BCUT2D eigenvalue weighted by atomic mass is 32.2. The smallest absolute Gasteiger partial charge is 0.230 e. The van der Waals surface area contributed by atoms with Gasteiger partial charge in [0.25, 0.3) is 0 Å². The van der Waals surface area contributed by atoms with Gasteiger partial charge in [-0.05, 0) is 23.0 Å². The van der Waals surface area contributed by atoms with Crippen LogP contribution >= 0.6 is 23.1 Å². The van der Waals surface area contributed by atoms with Crippen LogP contribution in [0.2, 0.25) is 0 Å². The summed E-state index contributed by atoms with van der Waals surface area (Å²) < 4.78 is 0.793. The first kappa shape index (κ1) is 19.7. The van der Waals surface area contributed by atoms with Crippen LogP contribution < -0.4 is 10.6 Å².